The number of rotatable bonds is 2. The van der Waals surface area contributed by atoms with Crippen LogP contribution in [0.2, 0.25) is 0 Å². The van der Waals surface area contributed by atoms with Gasteiger partial charge in [0.05, 0.1) is 0 Å². The fraction of sp³-hybridized carbons (Fsp3) is 0.733. The van der Waals surface area contributed by atoms with Crippen molar-refractivity contribution in [3.8, 4) is 0 Å². The highest BCUT2D eigenvalue weighted by Gasteiger charge is 2.19. The van der Waals surface area contributed by atoms with Gasteiger partial charge in [0.25, 0.3) is 0 Å². The molecule has 3 heterocycles. The Kier molecular flexibility index (Phi) is 4.43. The third-order valence-corrected chi connectivity index (χ3v) is 4.47. The fourth-order valence-corrected chi connectivity index (χ4v) is 3.10. The number of hydrogen-bond acceptors (Lipinski definition) is 6. The van der Waals surface area contributed by atoms with E-state index in [1.165, 1.54) is 25.7 Å². The molecule has 2 aliphatic rings. The summed E-state index contributed by atoms with van der Waals surface area (Å²) < 4.78 is 0. The third-order valence-electron chi connectivity index (χ3n) is 4.47. The van der Waals surface area contributed by atoms with Crippen LogP contribution in [-0.2, 0) is 0 Å². The summed E-state index contributed by atoms with van der Waals surface area (Å²) in [7, 11) is 2.16. The minimum Gasteiger partial charge on any atom is -0.368 e. The molecule has 0 bridgehead atoms. The van der Waals surface area contributed by atoms with E-state index in [0.717, 1.165) is 50.9 Å². The summed E-state index contributed by atoms with van der Waals surface area (Å²) >= 11 is 0. The van der Waals surface area contributed by atoms with Gasteiger partial charge in [0.1, 0.15) is 11.6 Å². The Morgan fingerprint density at radius 1 is 0.810 bits per heavy atom. The lowest BCUT2D eigenvalue weighted by atomic mass is 10.2. The molecule has 0 aliphatic carbocycles. The van der Waals surface area contributed by atoms with Gasteiger partial charge in [-0.05, 0) is 19.9 Å². The number of nitrogen functional groups attached to an aromatic ring is 1. The van der Waals surface area contributed by atoms with Crippen LogP contribution in [0.15, 0.2) is 6.07 Å². The van der Waals surface area contributed by atoms with Gasteiger partial charge in [-0.25, -0.2) is 0 Å². The zero-order valence-corrected chi connectivity index (χ0v) is 13.0. The number of hydrogen-bond donors (Lipinski definition) is 1. The highest BCUT2D eigenvalue weighted by Crippen LogP contribution is 2.23. The maximum Gasteiger partial charge on any atom is 0.223 e. The Hall–Kier alpha value is -1.56. The second-order valence-electron chi connectivity index (χ2n) is 6.13. The van der Waals surface area contributed by atoms with E-state index in [2.05, 4.69) is 37.8 Å². The Morgan fingerprint density at radius 2 is 1.33 bits per heavy atom. The van der Waals surface area contributed by atoms with E-state index in [4.69, 9.17) is 5.73 Å². The fourth-order valence-electron chi connectivity index (χ4n) is 3.10. The van der Waals surface area contributed by atoms with Crippen molar-refractivity contribution in [2.24, 2.45) is 0 Å². The molecule has 0 saturated carbocycles. The van der Waals surface area contributed by atoms with E-state index >= 15 is 0 Å². The molecule has 6 nitrogen and oxygen atoms in total. The molecule has 116 valence electrons. The van der Waals surface area contributed by atoms with Crippen LogP contribution in [0.25, 0.3) is 0 Å². The molecule has 0 radical (unpaired) electrons. The second-order valence-corrected chi connectivity index (χ2v) is 6.13. The Labute approximate surface area is 126 Å². The summed E-state index contributed by atoms with van der Waals surface area (Å²) in [5.41, 5.74) is 5.95. The van der Waals surface area contributed by atoms with Crippen molar-refractivity contribution in [3.05, 3.63) is 6.07 Å². The molecule has 0 atom stereocenters. The van der Waals surface area contributed by atoms with Gasteiger partial charge < -0.3 is 20.4 Å². The largest absolute Gasteiger partial charge is 0.368 e. The highest BCUT2D eigenvalue weighted by atomic mass is 15.3. The van der Waals surface area contributed by atoms with Crippen molar-refractivity contribution >= 4 is 17.6 Å². The summed E-state index contributed by atoms with van der Waals surface area (Å²) in [5.74, 6) is 2.37. The van der Waals surface area contributed by atoms with Crippen LogP contribution >= 0.6 is 0 Å². The van der Waals surface area contributed by atoms with Gasteiger partial charge in [-0.3, -0.25) is 0 Å². The first-order valence-corrected chi connectivity index (χ1v) is 8.05. The van der Waals surface area contributed by atoms with Crippen molar-refractivity contribution in [2.75, 3.05) is 61.8 Å². The van der Waals surface area contributed by atoms with Crippen LogP contribution in [0, 0.1) is 0 Å². The molecule has 0 unspecified atom stereocenters. The van der Waals surface area contributed by atoms with Gasteiger partial charge in [-0.15, -0.1) is 0 Å². The van der Waals surface area contributed by atoms with Crippen LogP contribution in [0.3, 0.4) is 0 Å². The summed E-state index contributed by atoms with van der Waals surface area (Å²) in [6.45, 7) is 6.32. The van der Waals surface area contributed by atoms with E-state index in [0.29, 0.717) is 5.95 Å². The van der Waals surface area contributed by atoms with Gasteiger partial charge in [0.2, 0.25) is 5.95 Å². The maximum absolute atomic E-state index is 5.95. The Balaban J connectivity index is 1.78. The molecule has 0 amide bonds. The normalized spacial score (nSPS) is 21.4. The Bertz CT molecular complexity index is 461. The first-order valence-electron chi connectivity index (χ1n) is 8.05. The summed E-state index contributed by atoms with van der Waals surface area (Å²) in [6, 6.07) is 2.12. The SMILES string of the molecule is CN1CCN(c2cc(N3CCCCCC3)nc(N)n2)CC1. The lowest BCUT2D eigenvalue weighted by Gasteiger charge is -2.33. The monoisotopic (exact) mass is 290 g/mol. The molecule has 3 rings (SSSR count). The number of aromatic nitrogens is 2. The standard InChI is InChI=1S/C15H26N6/c1-19-8-10-21(11-9-19)14-12-13(17-15(16)18-14)20-6-4-2-3-5-7-20/h12H,2-11H2,1H3,(H2,16,17,18). The van der Waals surface area contributed by atoms with Gasteiger partial charge in [0.15, 0.2) is 0 Å². The van der Waals surface area contributed by atoms with Crippen LogP contribution in [0.1, 0.15) is 25.7 Å². The zero-order valence-electron chi connectivity index (χ0n) is 13.0. The molecular weight excluding hydrogens is 264 g/mol. The molecule has 2 saturated heterocycles. The predicted octanol–water partition coefficient (Wildman–Crippen LogP) is 1.19. The maximum atomic E-state index is 5.95. The lowest BCUT2D eigenvalue weighted by Crippen LogP contribution is -2.45. The minimum absolute atomic E-state index is 0.394. The predicted molar refractivity (Wildman–Crippen MR) is 86.8 cm³/mol. The van der Waals surface area contributed by atoms with Gasteiger partial charge in [-0.1, -0.05) is 12.8 Å². The summed E-state index contributed by atoms with van der Waals surface area (Å²) in [4.78, 5) is 15.9. The van der Waals surface area contributed by atoms with Crippen LogP contribution in [0.5, 0.6) is 0 Å². The number of nitrogens with two attached hydrogens (primary N) is 1. The van der Waals surface area contributed by atoms with Gasteiger partial charge >= 0.3 is 0 Å². The van der Waals surface area contributed by atoms with Crippen LogP contribution in [-0.4, -0.2) is 61.2 Å². The molecule has 1 aromatic rings. The molecule has 0 spiro atoms. The summed E-state index contributed by atoms with van der Waals surface area (Å²) in [5, 5.41) is 0. The van der Waals surface area contributed by atoms with E-state index in [-0.39, 0.29) is 0 Å². The van der Waals surface area contributed by atoms with Crippen molar-refractivity contribution in [1.29, 1.82) is 0 Å². The average molecular weight is 290 g/mol. The van der Waals surface area contributed by atoms with E-state index < -0.39 is 0 Å². The number of nitrogens with zero attached hydrogens (tertiary/aromatic N) is 5. The third kappa shape index (κ3) is 3.56. The number of likely N-dealkylation sites (N-methyl/N-ethyl adjacent to an activating group) is 1. The van der Waals surface area contributed by atoms with Crippen molar-refractivity contribution in [3.63, 3.8) is 0 Å². The molecule has 2 aliphatic heterocycles. The molecule has 0 aromatic carbocycles. The molecule has 1 aromatic heterocycles. The Morgan fingerprint density at radius 3 is 1.90 bits per heavy atom. The van der Waals surface area contributed by atoms with Crippen molar-refractivity contribution < 1.29 is 0 Å². The topological polar surface area (TPSA) is 61.5 Å². The highest BCUT2D eigenvalue weighted by molar-refractivity contribution is 5.54. The summed E-state index contributed by atoms with van der Waals surface area (Å²) in [6.07, 6.45) is 5.13. The second kappa shape index (κ2) is 6.47. The molecule has 21 heavy (non-hydrogen) atoms. The average Bonchev–Trinajstić information content (AvgIpc) is 2.76. The van der Waals surface area contributed by atoms with Crippen LogP contribution < -0.4 is 15.5 Å². The number of anilines is 3. The van der Waals surface area contributed by atoms with Crippen molar-refractivity contribution in [1.82, 2.24) is 14.9 Å². The lowest BCUT2D eigenvalue weighted by molar-refractivity contribution is 0.312. The van der Waals surface area contributed by atoms with E-state index in [1.807, 2.05) is 0 Å². The van der Waals surface area contributed by atoms with E-state index in [1.54, 1.807) is 0 Å². The molecule has 6 heteroatoms. The minimum atomic E-state index is 0.394. The quantitative estimate of drug-likeness (QED) is 0.883. The van der Waals surface area contributed by atoms with Gasteiger partial charge in [0, 0.05) is 45.3 Å². The smallest absolute Gasteiger partial charge is 0.223 e. The van der Waals surface area contributed by atoms with Gasteiger partial charge in [-0.2, -0.15) is 9.97 Å². The van der Waals surface area contributed by atoms with E-state index in [9.17, 15) is 0 Å². The first-order chi connectivity index (χ1) is 10.2. The molecular formula is C15H26N6. The zero-order chi connectivity index (χ0) is 14.7. The van der Waals surface area contributed by atoms with Crippen LogP contribution in [0.4, 0.5) is 17.6 Å². The number of piperazine rings is 1. The molecule has 2 fully saturated rings. The molecule has 2 N–H and O–H groups in total. The first kappa shape index (κ1) is 14.4. The van der Waals surface area contributed by atoms with Crippen molar-refractivity contribution in [2.45, 2.75) is 25.7 Å².